The predicted molar refractivity (Wildman–Crippen MR) is 65.5 cm³/mol. The second kappa shape index (κ2) is 4.11. The molecule has 0 bridgehead atoms. The highest BCUT2D eigenvalue weighted by molar-refractivity contribution is 5.29. The summed E-state index contributed by atoms with van der Waals surface area (Å²) in [6.45, 7) is 2.36. The minimum atomic E-state index is 0.642. The summed E-state index contributed by atoms with van der Waals surface area (Å²) in [4.78, 5) is 4.45. The Balaban J connectivity index is 1.66. The minimum absolute atomic E-state index is 0.642. The van der Waals surface area contributed by atoms with Crippen molar-refractivity contribution >= 4 is 5.95 Å². The molecule has 0 aliphatic heterocycles. The fraction of sp³-hybridized carbons (Fsp3) is 0.769. The number of imidazole rings is 1. The smallest absolute Gasteiger partial charge is 0.203 e. The maximum atomic E-state index is 4.45. The molecule has 0 saturated heterocycles. The molecule has 88 valence electrons. The molecule has 2 atom stereocenters. The van der Waals surface area contributed by atoms with Crippen LogP contribution < -0.4 is 5.32 Å². The maximum absolute atomic E-state index is 4.45. The number of aromatic nitrogens is 2. The van der Waals surface area contributed by atoms with E-state index in [-0.39, 0.29) is 0 Å². The topological polar surface area (TPSA) is 29.9 Å². The molecule has 0 aromatic carbocycles. The van der Waals surface area contributed by atoms with E-state index >= 15 is 0 Å². The van der Waals surface area contributed by atoms with E-state index in [1.807, 2.05) is 6.20 Å². The van der Waals surface area contributed by atoms with Gasteiger partial charge >= 0.3 is 0 Å². The molecule has 0 amide bonds. The first kappa shape index (κ1) is 10.2. The van der Waals surface area contributed by atoms with Crippen LogP contribution in [0.5, 0.6) is 0 Å². The molecule has 1 N–H and O–H groups in total. The monoisotopic (exact) mass is 219 g/mol. The first-order valence-electron chi connectivity index (χ1n) is 6.62. The van der Waals surface area contributed by atoms with Crippen LogP contribution >= 0.6 is 0 Å². The van der Waals surface area contributed by atoms with E-state index in [9.17, 15) is 0 Å². The third-order valence-electron chi connectivity index (χ3n) is 3.88. The van der Waals surface area contributed by atoms with E-state index in [0.29, 0.717) is 6.04 Å². The van der Waals surface area contributed by atoms with E-state index in [4.69, 9.17) is 0 Å². The molecule has 0 spiro atoms. The van der Waals surface area contributed by atoms with Crippen molar-refractivity contribution in [3.05, 3.63) is 12.4 Å². The standard InChI is InChI=1S/C13H21N3/c1-10-3-2-4-11(9-10)15-13-14-7-8-16(13)12-5-6-12/h7-8,10-12H,2-6,9H2,1H3,(H,14,15). The molecule has 1 heterocycles. The van der Waals surface area contributed by atoms with Gasteiger partial charge < -0.3 is 9.88 Å². The van der Waals surface area contributed by atoms with Gasteiger partial charge in [-0.05, 0) is 31.6 Å². The molecule has 2 aliphatic carbocycles. The van der Waals surface area contributed by atoms with Gasteiger partial charge in [0.2, 0.25) is 5.95 Å². The van der Waals surface area contributed by atoms with Gasteiger partial charge in [0.1, 0.15) is 0 Å². The highest BCUT2D eigenvalue weighted by Gasteiger charge is 2.27. The molecule has 2 fully saturated rings. The van der Waals surface area contributed by atoms with Crippen molar-refractivity contribution in [2.45, 2.75) is 57.5 Å². The van der Waals surface area contributed by atoms with Gasteiger partial charge in [-0.15, -0.1) is 0 Å². The minimum Gasteiger partial charge on any atom is -0.353 e. The Bertz CT molecular complexity index is 354. The Morgan fingerprint density at radius 2 is 2.19 bits per heavy atom. The van der Waals surface area contributed by atoms with Gasteiger partial charge in [0, 0.05) is 24.5 Å². The number of rotatable bonds is 3. The Morgan fingerprint density at radius 3 is 2.94 bits per heavy atom. The highest BCUT2D eigenvalue weighted by atomic mass is 15.2. The van der Waals surface area contributed by atoms with Gasteiger partial charge in [-0.1, -0.05) is 19.8 Å². The lowest BCUT2D eigenvalue weighted by molar-refractivity contribution is 0.357. The SMILES string of the molecule is CC1CCCC(Nc2nccn2C2CC2)C1. The van der Waals surface area contributed by atoms with E-state index in [0.717, 1.165) is 17.9 Å². The Kier molecular flexibility index (Phi) is 2.62. The van der Waals surface area contributed by atoms with Crippen molar-refractivity contribution in [1.82, 2.24) is 9.55 Å². The van der Waals surface area contributed by atoms with E-state index in [1.54, 1.807) is 0 Å². The molecule has 3 nitrogen and oxygen atoms in total. The lowest BCUT2D eigenvalue weighted by Crippen LogP contribution is -2.27. The van der Waals surface area contributed by atoms with Crippen LogP contribution in [0.15, 0.2) is 12.4 Å². The van der Waals surface area contributed by atoms with Crippen LogP contribution in [0.25, 0.3) is 0 Å². The van der Waals surface area contributed by atoms with E-state index in [2.05, 4.69) is 28.0 Å². The van der Waals surface area contributed by atoms with Crippen molar-refractivity contribution in [2.24, 2.45) is 5.92 Å². The molecule has 3 rings (SSSR count). The lowest BCUT2D eigenvalue weighted by Gasteiger charge is -2.28. The summed E-state index contributed by atoms with van der Waals surface area (Å²) >= 11 is 0. The quantitative estimate of drug-likeness (QED) is 0.846. The summed E-state index contributed by atoms with van der Waals surface area (Å²) in [7, 11) is 0. The van der Waals surface area contributed by atoms with Gasteiger partial charge in [-0.2, -0.15) is 0 Å². The van der Waals surface area contributed by atoms with Crippen LogP contribution in [-0.2, 0) is 0 Å². The summed E-state index contributed by atoms with van der Waals surface area (Å²) in [5.74, 6) is 1.97. The average Bonchev–Trinajstić information content (AvgIpc) is 3.00. The van der Waals surface area contributed by atoms with Crippen molar-refractivity contribution in [2.75, 3.05) is 5.32 Å². The van der Waals surface area contributed by atoms with E-state index in [1.165, 1.54) is 38.5 Å². The van der Waals surface area contributed by atoms with E-state index < -0.39 is 0 Å². The Hall–Kier alpha value is -0.990. The van der Waals surface area contributed by atoms with Crippen LogP contribution in [0.2, 0.25) is 0 Å². The Labute approximate surface area is 97.3 Å². The maximum Gasteiger partial charge on any atom is 0.203 e. The number of anilines is 1. The molecule has 16 heavy (non-hydrogen) atoms. The van der Waals surface area contributed by atoms with Crippen LogP contribution in [0.4, 0.5) is 5.95 Å². The van der Waals surface area contributed by atoms with Crippen LogP contribution in [-0.4, -0.2) is 15.6 Å². The summed E-state index contributed by atoms with van der Waals surface area (Å²) in [6.07, 6.45) is 12.1. The number of nitrogens with zero attached hydrogens (tertiary/aromatic N) is 2. The zero-order chi connectivity index (χ0) is 11.0. The fourth-order valence-electron chi connectivity index (χ4n) is 2.82. The molecule has 3 heteroatoms. The zero-order valence-corrected chi connectivity index (χ0v) is 10.0. The average molecular weight is 219 g/mol. The molecule has 1 aromatic rings. The van der Waals surface area contributed by atoms with Crippen molar-refractivity contribution in [3.63, 3.8) is 0 Å². The van der Waals surface area contributed by atoms with Gasteiger partial charge in [0.15, 0.2) is 0 Å². The first-order valence-corrected chi connectivity index (χ1v) is 6.62. The highest BCUT2D eigenvalue weighted by Crippen LogP contribution is 2.37. The van der Waals surface area contributed by atoms with Crippen molar-refractivity contribution in [1.29, 1.82) is 0 Å². The molecule has 1 aromatic heterocycles. The zero-order valence-electron chi connectivity index (χ0n) is 10.0. The predicted octanol–water partition coefficient (Wildman–Crippen LogP) is 3.21. The number of hydrogen-bond donors (Lipinski definition) is 1. The van der Waals surface area contributed by atoms with Crippen molar-refractivity contribution < 1.29 is 0 Å². The van der Waals surface area contributed by atoms with Gasteiger partial charge in [0.05, 0.1) is 0 Å². The van der Waals surface area contributed by atoms with Gasteiger partial charge in [0.25, 0.3) is 0 Å². The molecule has 0 radical (unpaired) electrons. The normalized spacial score (nSPS) is 30.3. The van der Waals surface area contributed by atoms with Crippen LogP contribution in [0.3, 0.4) is 0 Å². The van der Waals surface area contributed by atoms with Crippen LogP contribution in [0, 0.1) is 5.92 Å². The third kappa shape index (κ3) is 2.08. The van der Waals surface area contributed by atoms with Crippen LogP contribution in [0.1, 0.15) is 51.5 Å². The van der Waals surface area contributed by atoms with Gasteiger partial charge in [-0.25, -0.2) is 4.98 Å². The number of nitrogens with one attached hydrogen (secondary N) is 1. The molecule has 2 unspecified atom stereocenters. The number of hydrogen-bond acceptors (Lipinski definition) is 2. The molecule has 2 aliphatic rings. The summed E-state index contributed by atoms with van der Waals surface area (Å²) < 4.78 is 2.32. The molecule has 2 saturated carbocycles. The lowest BCUT2D eigenvalue weighted by atomic mass is 9.87. The fourth-order valence-corrected chi connectivity index (χ4v) is 2.82. The Morgan fingerprint density at radius 1 is 1.31 bits per heavy atom. The van der Waals surface area contributed by atoms with Crippen molar-refractivity contribution in [3.8, 4) is 0 Å². The summed E-state index contributed by atoms with van der Waals surface area (Å²) in [5, 5.41) is 3.63. The first-order chi connectivity index (χ1) is 7.83. The summed E-state index contributed by atoms with van der Waals surface area (Å²) in [5.41, 5.74) is 0. The second-order valence-corrected chi connectivity index (χ2v) is 5.50. The molecular formula is C13H21N3. The second-order valence-electron chi connectivity index (χ2n) is 5.50. The summed E-state index contributed by atoms with van der Waals surface area (Å²) in [6, 6.07) is 1.37. The third-order valence-corrected chi connectivity index (χ3v) is 3.88. The van der Waals surface area contributed by atoms with Gasteiger partial charge in [-0.3, -0.25) is 0 Å². The molecular weight excluding hydrogens is 198 g/mol. The largest absolute Gasteiger partial charge is 0.353 e.